The van der Waals surface area contributed by atoms with Crippen LogP contribution >= 0.6 is 0 Å². The Labute approximate surface area is 85.0 Å². The third-order valence-corrected chi connectivity index (χ3v) is 2.85. The highest BCUT2D eigenvalue weighted by molar-refractivity contribution is 5.36. The van der Waals surface area contributed by atoms with Crippen LogP contribution in [0.4, 0.5) is 0 Å². The van der Waals surface area contributed by atoms with Crippen LogP contribution in [0.3, 0.4) is 0 Å². The molecule has 2 rings (SSSR count). The van der Waals surface area contributed by atoms with Crippen molar-refractivity contribution in [2.24, 2.45) is 0 Å². The third-order valence-electron chi connectivity index (χ3n) is 2.85. The highest BCUT2D eigenvalue weighted by atomic mass is 16.3. The third kappa shape index (κ3) is 1.68. The number of hydrogen-bond donors (Lipinski definition) is 2. The molecule has 0 spiro atoms. The molecule has 1 heterocycles. The van der Waals surface area contributed by atoms with Crippen LogP contribution in [-0.4, -0.2) is 11.7 Å². The van der Waals surface area contributed by atoms with Gasteiger partial charge in [0, 0.05) is 13.1 Å². The summed E-state index contributed by atoms with van der Waals surface area (Å²) in [6.07, 6.45) is -0.336. The van der Waals surface area contributed by atoms with Gasteiger partial charge >= 0.3 is 0 Å². The molecule has 1 atom stereocenters. The Hall–Kier alpha value is -0.860. The molecule has 14 heavy (non-hydrogen) atoms. The highest BCUT2D eigenvalue weighted by Crippen LogP contribution is 2.25. The number of aliphatic hydroxyl groups is 1. The molecule has 0 amide bonds. The highest BCUT2D eigenvalue weighted by Gasteiger charge is 2.17. The molecule has 0 aliphatic carbocycles. The molecule has 0 fully saturated rings. The second kappa shape index (κ2) is 3.71. The van der Waals surface area contributed by atoms with Crippen molar-refractivity contribution in [3.05, 3.63) is 34.9 Å². The predicted molar refractivity (Wildman–Crippen MR) is 57.2 cm³/mol. The van der Waals surface area contributed by atoms with E-state index in [1.54, 1.807) is 0 Å². The Morgan fingerprint density at radius 2 is 2.21 bits per heavy atom. The first-order chi connectivity index (χ1) is 6.68. The van der Waals surface area contributed by atoms with Crippen molar-refractivity contribution in [1.82, 2.24) is 5.32 Å². The number of hydrogen-bond acceptors (Lipinski definition) is 2. The zero-order chi connectivity index (χ0) is 10.1. The van der Waals surface area contributed by atoms with Crippen LogP contribution in [0, 0.1) is 0 Å². The van der Waals surface area contributed by atoms with Crippen molar-refractivity contribution in [1.29, 1.82) is 0 Å². The molecule has 2 nitrogen and oxygen atoms in total. The zero-order valence-electron chi connectivity index (χ0n) is 8.75. The molecule has 0 bridgehead atoms. The maximum Gasteiger partial charge on any atom is 0.0917 e. The van der Waals surface area contributed by atoms with E-state index in [1.807, 2.05) is 0 Å². The van der Waals surface area contributed by atoms with Gasteiger partial charge in [0.25, 0.3) is 0 Å². The topological polar surface area (TPSA) is 32.3 Å². The summed E-state index contributed by atoms with van der Waals surface area (Å²) < 4.78 is 0. The first-order valence-electron chi connectivity index (χ1n) is 5.20. The first-order valence-corrected chi connectivity index (χ1v) is 5.20. The summed E-state index contributed by atoms with van der Waals surface area (Å²) >= 11 is 0. The van der Waals surface area contributed by atoms with Gasteiger partial charge in [-0.2, -0.15) is 0 Å². The lowest BCUT2D eigenvalue weighted by Crippen LogP contribution is -2.28. The van der Waals surface area contributed by atoms with Gasteiger partial charge in [-0.15, -0.1) is 0 Å². The summed E-state index contributed by atoms with van der Waals surface area (Å²) in [6.45, 7) is 5.91. The van der Waals surface area contributed by atoms with E-state index in [0.29, 0.717) is 12.5 Å². The lowest BCUT2D eigenvalue weighted by atomic mass is 9.93. The molecule has 2 heteroatoms. The van der Waals surface area contributed by atoms with Crippen LogP contribution in [0.25, 0.3) is 0 Å². The van der Waals surface area contributed by atoms with Crippen LogP contribution in [0.5, 0.6) is 0 Å². The fraction of sp³-hybridized carbons (Fsp3) is 0.500. The predicted octanol–water partition coefficient (Wildman–Crippen LogP) is 1.95. The summed E-state index contributed by atoms with van der Waals surface area (Å²) in [5.41, 5.74) is 3.65. The molecule has 0 radical (unpaired) electrons. The van der Waals surface area contributed by atoms with Crippen molar-refractivity contribution >= 4 is 0 Å². The molecule has 1 unspecified atom stereocenters. The molecule has 1 aromatic rings. The average molecular weight is 191 g/mol. The molecule has 0 saturated carbocycles. The largest absolute Gasteiger partial charge is 0.387 e. The fourth-order valence-corrected chi connectivity index (χ4v) is 1.90. The van der Waals surface area contributed by atoms with E-state index in [9.17, 15) is 5.11 Å². The standard InChI is InChI=1S/C12H17NO/c1-8(2)9-3-4-10-6-13-7-12(14)11(10)5-9/h3-5,8,12-14H,6-7H2,1-2H3. The maximum atomic E-state index is 9.81. The van der Waals surface area contributed by atoms with Gasteiger partial charge in [0.1, 0.15) is 0 Å². The molecular weight excluding hydrogens is 174 g/mol. The summed E-state index contributed by atoms with van der Waals surface area (Å²) in [5.74, 6) is 0.530. The minimum absolute atomic E-state index is 0.336. The van der Waals surface area contributed by atoms with E-state index in [2.05, 4.69) is 37.4 Å². The van der Waals surface area contributed by atoms with Gasteiger partial charge in [-0.3, -0.25) is 0 Å². The summed E-state index contributed by atoms with van der Waals surface area (Å²) in [4.78, 5) is 0. The first kappa shape index (κ1) is 9.69. The number of aliphatic hydroxyl groups excluding tert-OH is 1. The van der Waals surface area contributed by atoms with E-state index in [4.69, 9.17) is 0 Å². The number of benzene rings is 1. The van der Waals surface area contributed by atoms with E-state index >= 15 is 0 Å². The maximum absolute atomic E-state index is 9.81. The quantitative estimate of drug-likeness (QED) is 0.711. The van der Waals surface area contributed by atoms with Crippen LogP contribution in [0.15, 0.2) is 18.2 Å². The molecule has 76 valence electrons. The SMILES string of the molecule is CC(C)c1ccc2c(c1)C(O)CNC2. The average Bonchev–Trinajstić information content (AvgIpc) is 2.18. The van der Waals surface area contributed by atoms with Gasteiger partial charge in [-0.1, -0.05) is 32.0 Å². The van der Waals surface area contributed by atoms with Crippen LogP contribution in [0.2, 0.25) is 0 Å². The van der Waals surface area contributed by atoms with Gasteiger partial charge in [0.2, 0.25) is 0 Å². The Bertz CT molecular complexity index is 333. The van der Waals surface area contributed by atoms with Crippen molar-refractivity contribution in [3.8, 4) is 0 Å². The van der Waals surface area contributed by atoms with E-state index in [0.717, 1.165) is 12.1 Å². The lowest BCUT2D eigenvalue weighted by Gasteiger charge is -2.23. The lowest BCUT2D eigenvalue weighted by molar-refractivity contribution is 0.165. The molecule has 1 aromatic carbocycles. The van der Waals surface area contributed by atoms with Crippen LogP contribution < -0.4 is 5.32 Å². The molecule has 2 N–H and O–H groups in total. The minimum Gasteiger partial charge on any atom is -0.387 e. The minimum atomic E-state index is -0.336. The van der Waals surface area contributed by atoms with Crippen molar-refractivity contribution < 1.29 is 5.11 Å². The van der Waals surface area contributed by atoms with E-state index < -0.39 is 0 Å². The molecular formula is C12H17NO. The number of rotatable bonds is 1. The zero-order valence-corrected chi connectivity index (χ0v) is 8.75. The smallest absolute Gasteiger partial charge is 0.0917 e. The van der Waals surface area contributed by atoms with Gasteiger partial charge in [-0.05, 0) is 22.6 Å². The number of fused-ring (bicyclic) bond motifs is 1. The monoisotopic (exact) mass is 191 g/mol. The molecule has 0 saturated heterocycles. The Morgan fingerprint density at radius 1 is 1.43 bits per heavy atom. The summed E-state index contributed by atoms with van der Waals surface area (Å²) in [7, 11) is 0. The Balaban J connectivity index is 2.41. The van der Waals surface area contributed by atoms with E-state index in [-0.39, 0.29) is 6.10 Å². The van der Waals surface area contributed by atoms with Crippen molar-refractivity contribution in [2.75, 3.05) is 6.54 Å². The van der Waals surface area contributed by atoms with Gasteiger partial charge < -0.3 is 10.4 Å². The normalized spacial score (nSPS) is 21.0. The van der Waals surface area contributed by atoms with Gasteiger partial charge in [0.05, 0.1) is 6.10 Å². The fourth-order valence-electron chi connectivity index (χ4n) is 1.90. The van der Waals surface area contributed by atoms with Gasteiger partial charge in [0.15, 0.2) is 0 Å². The second-order valence-corrected chi connectivity index (χ2v) is 4.26. The summed E-state index contributed by atoms with van der Waals surface area (Å²) in [5, 5.41) is 13.0. The summed E-state index contributed by atoms with van der Waals surface area (Å²) in [6, 6.07) is 6.43. The Morgan fingerprint density at radius 3 is 2.93 bits per heavy atom. The van der Waals surface area contributed by atoms with Gasteiger partial charge in [-0.25, -0.2) is 0 Å². The van der Waals surface area contributed by atoms with Crippen LogP contribution in [-0.2, 0) is 6.54 Å². The van der Waals surface area contributed by atoms with E-state index in [1.165, 1.54) is 11.1 Å². The van der Waals surface area contributed by atoms with Crippen molar-refractivity contribution in [2.45, 2.75) is 32.4 Å². The number of nitrogens with one attached hydrogen (secondary N) is 1. The molecule has 0 aromatic heterocycles. The van der Waals surface area contributed by atoms with Crippen molar-refractivity contribution in [3.63, 3.8) is 0 Å². The second-order valence-electron chi connectivity index (χ2n) is 4.26. The van der Waals surface area contributed by atoms with Crippen LogP contribution in [0.1, 0.15) is 42.6 Å². The Kier molecular flexibility index (Phi) is 2.57. The number of β-amino-alcohol motifs (C(OH)–C–C–N with tert-alkyl or cyclic N) is 1. The molecule has 1 aliphatic heterocycles. The molecule has 1 aliphatic rings.